The highest BCUT2D eigenvalue weighted by Gasteiger charge is 2.14. The smallest absolute Gasteiger partial charge is 0.191 e. The number of hydrogen-bond donors (Lipinski definition) is 2. The van der Waals surface area contributed by atoms with Crippen LogP contribution >= 0.6 is 0 Å². The van der Waals surface area contributed by atoms with Gasteiger partial charge >= 0.3 is 0 Å². The molecule has 0 aliphatic carbocycles. The van der Waals surface area contributed by atoms with E-state index < -0.39 is 0 Å². The number of benzene rings is 1. The predicted octanol–water partition coefficient (Wildman–Crippen LogP) is 2.35. The summed E-state index contributed by atoms with van der Waals surface area (Å²) in [4.78, 5) is 4.33. The Labute approximate surface area is 173 Å². The minimum atomic E-state index is 0.196. The van der Waals surface area contributed by atoms with Crippen LogP contribution in [-0.2, 0) is 20.0 Å². The van der Waals surface area contributed by atoms with Crippen molar-refractivity contribution in [1.29, 1.82) is 0 Å². The van der Waals surface area contributed by atoms with Gasteiger partial charge in [-0.05, 0) is 50.5 Å². The maximum absolute atomic E-state index is 5.56. The van der Waals surface area contributed by atoms with Gasteiger partial charge in [0.25, 0.3) is 0 Å². The lowest BCUT2D eigenvalue weighted by atomic mass is 10.1. The molecule has 1 atom stereocenters. The van der Waals surface area contributed by atoms with E-state index in [0.29, 0.717) is 18.0 Å². The highest BCUT2D eigenvalue weighted by Crippen LogP contribution is 2.28. The molecule has 1 aromatic heterocycles. The number of nitrogens with zero attached hydrogens (tertiary/aromatic N) is 3. The van der Waals surface area contributed by atoms with Crippen molar-refractivity contribution in [2.45, 2.75) is 39.8 Å². The summed E-state index contributed by atoms with van der Waals surface area (Å²) in [5, 5.41) is 11.3. The molecule has 0 aliphatic heterocycles. The SMILES string of the molecule is C#CCOc1cc(CNC(=NC)NC(C)Cc2c(C)nn(C)c2C)ccc1OC. The first-order valence-corrected chi connectivity index (χ1v) is 9.59. The van der Waals surface area contributed by atoms with E-state index in [1.165, 1.54) is 11.3 Å². The van der Waals surface area contributed by atoms with Crippen molar-refractivity contribution in [2.24, 2.45) is 12.0 Å². The van der Waals surface area contributed by atoms with Crippen molar-refractivity contribution in [2.75, 3.05) is 20.8 Å². The van der Waals surface area contributed by atoms with E-state index in [1.54, 1.807) is 14.2 Å². The van der Waals surface area contributed by atoms with Gasteiger partial charge in [-0.2, -0.15) is 5.10 Å². The first-order chi connectivity index (χ1) is 13.9. The van der Waals surface area contributed by atoms with E-state index >= 15 is 0 Å². The Kier molecular flexibility index (Phi) is 7.96. The van der Waals surface area contributed by atoms with Gasteiger partial charge in [0.15, 0.2) is 17.5 Å². The molecule has 0 saturated carbocycles. The van der Waals surface area contributed by atoms with Crippen molar-refractivity contribution in [1.82, 2.24) is 20.4 Å². The molecule has 1 heterocycles. The Morgan fingerprint density at radius 3 is 2.69 bits per heavy atom. The van der Waals surface area contributed by atoms with E-state index in [1.807, 2.05) is 36.9 Å². The van der Waals surface area contributed by atoms with Gasteiger partial charge < -0.3 is 20.1 Å². The van der Waals surface area contributed by atoms with Crippen molar-refractivity contribution in [3.05, 3.63) is 40.7 Å². The Morgan fingerprint density at radius 2 is 2.10 bits per heavy atom. The predicted molar refractivity (Wildman–Crippen MR) is 117 cm³/mol. The molecule has 2 N–H and O–H groups in total. The van der Waals surface area contributed by atoms with Crippen LogP contribution in [0, 0.1) is 26.2 Å². The number of hydrogen-bond acceptors (Lipinski definition) is 4. The minimum absolute atomic E-state index is 0.196. The highest BCUT2D eigenvalue weighted by atomic mass is 16.5. The average molecular weight is 398 g/mol. The summed E-state index contributed by atoms with van der Waals surface area (Å²) in [5.74, 6) is 4.49. The largest absolute Gasteiger partial charge is 0.493 e. The van der Waals surface area contributed by atoms with Crippen molar-refractivity contribution in [3.63, 3.8) is 0 Å². The maximum Gasteiger partial charge on any atom is 0.191 e. The second kappa shape index (κ2) is 10.4. The van der Waals surface area contributed by atoms with Crippen LogP contribution in [0.4, 0.5) is 0 Å². The maximum atomic E-state index is 5.56. The molecule has 7 nitrogen and oxygen atoms in total. The zero-order chi connectivity index (χ0) is 21.4. The summed E-state index contributed by atoms with van der Waals surface area (Å²) in [6, 6.07) is 5.97. The van der Waals surface area contributed by atoms with Crippen molar-refractivity contribution in [3.8, 4) is 23.8 Å². The summed E-state index contributed by atoms with van der Waals surface area (Å²) in [5.41, 5.74) is 4.57. The number of aryl methyl sites for hydroxylation is 2. The third-order valence-corrected chi connectivity index (χ3v) is 4.77. The number of ether oxygens (including phenoxy) is 2. The molecule has 0 bridgehead atoms. The first-order valence-electron chi connectivity index (χ1n) is 9.59. The Morgan fingerprint density at radius 1 is 1.34 bits per heavy atom. The molecule has 0 saturated heterocycles. The van der Waals surface area contributed by atoms with Gasteiger partial charge in [-0.25, -0.2) is 0 Å². The molecule has 0 aliphatic rings. The van der Waals surface area contributed by atoms with E-state index in [0.717, 1.165) is 23.6 Å². The lowest BCUT2D eigenvalue weighted by molar-refractivity contribution is 0.330. The zero-order valence-corrected chi connectivity index (χ0v) is 18.2. The van der Waals surface area contributed by atoms with Crippen LogP contribution in [0.25, 0.3) is 0 Å². The Bertz CT molecular complexity index is 895. The molecule has 156 valence electrons. The molecule has 29 heavy (non-hydrogen) atoms. The fourth-order valence-corrected chi connectivity index (χ4v) is 3.15. The van der Waals surface area contributed by atoms with Gasteiger partial charge in [-0.1, -0.05) is 12.0 Å². The second-order valence-electron chi connectivity index (χ2n) is 6.93. The number of terminal acetylenes is 1. The molecular formula is C22H31N5O2. The third-order valence-electron chi connectivity index (χ3n) is 4.77. The molecule has 0 spiro atoms. The van der Waals surface area contributed by atoms with Gasteiger partial charge in [-0.3, -0.25) is 9.67 Å². The topological polar surface area (TPSA) is 72.7 Å². The molecule has 1 unspecified atom stereocenters. The standard InChI is InChI=1S/C22H31N5O2/c1-8-11-29-21-13-18(9-10-20(21)28-7)14-24-22(23-5)25-15(2)12-19-16(3)26-27(6)17(19)4/h1,9-10,13,15H,11-12,14H2,2-7H3,(H2,23,24,25). The minimum Gasteiger partial charge on any atom is -0.493 e. The average Bonchev–Trinajstić information content (AvgIpc) is 2.95. The quantitative estimate of drug-likeness (QED) is 0.406. The Balaban J connectivity index is 1.97. The van der Waals surface area contributed by atoms with Crippen LogP contribution in [0.3, 0.4) is 0 Å². The Hall–Kier alpha value is -3.14. The molecule has 2 aromatic rings. The van der Waals surface area contributed by atoms with Crippen LogP contribution in [-0.4, -0.2) is 42.5 Å². The van der Waals surface area contributed by atoms with E-state index in [2.05, 4.69) is 40.5 Å². The summed E-state index contributed by atoms with van der Waals surface area (Å²) < 4.78 is 12.8. The fraction of sp³-hybridized carbons (Fsp3) is 0.455. The number of methoxy groups -OCH3 is 1. The van der Waals surface area contributed by atoms with Gasteiger partial charge in [-0.15, -0.1) is 6.42 Å². The number of aromatic nitrogens is 2. The van der Waals surface area contributed by atoms with Gasteiger partial charge in [0.05, 0.1) is 12.8 Å². The number of guanidine groups is 1. The molecule has 2 rings (SSSR count). The summed E-state index contributed by atoms with van der Waals surface area (Å²) in [7, 11) is 5.34. The molecular weight excluding hydrogens is 366 g/mol. The lowest BCUT2D eigenvalue weighted by Crippen LogP contribution is -2.42. The molecule has 0 radical (unpaired) electrons. The van der Waals surface area contributed by atoms with Crippen LogP contribution in [0.15, 0.2) is 23.2 Å². The first kappa shape index (κ1) is 22.2. The van der Waals surface area contributed by atoms with Gasteiger partial charge in [0, 0.05) is 32.4 Å². The van der Waals surface area contributed by atoms with Crippen LogP contribution in [0.1, 0.15) is 29.4 Å². The normalized spacial score (nSPS) is 12.2. The lowest BCUT2D eigenvalue weighted by Gasteiger charge is -2.18. The number of aliphatic imine (C=N–C) groups is 1. The van der Waals surface area contributed by atoms with Crippen molar-refractivity contribution >= 4 is 5.96 Å². The highest BCUT2D eigenvalue weighted by molar-refractivity contribution is 5.80. The third kappa shape index (κ3) is 5.92. The molecule has 0 fully saturated rings. The van der Waals surface area contributed by atoms with Gasteiger partial charge in [0.1, 0.15) is 6.61 Å². The summed E-state index contributed by atoms with van der Waals surface area (Å²) in [6.07, 6.45) is 6.16. The van der Waals surface area contributed by atoms with E-state index in [-0.39, 0.29) is 12.6 Å². The van der Waals surface area contributed by atoms with Gasteiger partial charge in [0.2, 0.25) is 0 Å². The fourth-order valence-electron chi connectivity index (χ4n) is 3.15. The van der Waals surface area contributed by atoms with Crippen LogP contribution in [0.5, 0.6) is 11.5 Å². The monoisotopic (exact) mass is 397 g/mol. The molecule has 0 amide bonds. The number of rotatable bonds is 8. The zero-order valence-electron chi connectivity index (χ0n) is 18.2. The number of nitrogens with one attached hydrogen (secondary N) is 2. The summed E-state index contributed by atoms with van der Waals surface area (Å²) >= 11 is 0. The molecule has 7 heteroatoms. The van der Waals surface area contributed by atoms with Crippen molar-refractivity contribution < 1.29 is 9.47 Å². The van der Waals surface area contributed by atoms with E-state index in [9.17, 15) is 0 Å². The summed E-state index contributed by atoms with van der Waals surface area (Å²) in [6.45, 7) is 7.07. The van der Waals surface area contributed by atoms with Crippen LogP contribution < -0.4 is 20.1 Å². The second-order valence-corrected chi connectivity index (χ2v) is 6.93. The molecule has 1 aromatic carbocycles. The van der Waals surface area contributed by atoms with Crippen LogP contribution in [0.2, 0.25) is 0 Å². The van der Waals surface area contributed by atoms with E-state index in [4.69, 9.17) is 15.9 Å².